The van der Waals surface area contributed by atoms with Crippen molar-refractivity contribution in [2.75, 3.05) is 6.54 Å². The summed E-state index contributed by atoms with van der Waals surface area (Å²) in [6.07, 6.45) is 8.12. The summed E-state index contributed by atoms with van der Waals surface area (Å²) in [7, 11) is 0. The molecule has 0 saturated heterocycles. The predicted molar refractivity (Wildman–Crippen MR) is 71.7 cm³/mol. The third-order valence-electron chi connectivity index (χ3n) is 3.44. The van der Waals surface area contributed by atoms with Crippen LogP contribution in [0.15, 0.2) is 11.8 Å². The van der Waals surface area contributed by atoms with Gasteiger partial charge in [-0.2, -0.15) is 0 Å². The van der Waals surface area contributed by atoms with Crippen molar-refractivity contribution in [1.82, 2.24) is 10.6 Å². The zero-order valence-corrected chi connectivity index (χ0v) is 11.4. The molecule has 0 aromatic carbocycles. The monoisotopic (exact) mass is 238 g/mol. The van der Waals surface area contributed by atoms with Crippen LogP contribution in [0.2, 0.25) is 0 Å². The van der Waals surface area contributed by atoms with Crippen molar-refractivity contribution >= 4 is 6.03 Å². The second-order valence-electron chi connectivity index (χ2n) is 5.45. The van der Waals surface area contributed by atoms with Crippen LogP contribution in [0.1, 0.15) is 52.9 Å². The molecule has 1 saturated carbocycles. The normalized spacial score (nSPS) is 17.5. The molecule has 0 aromatic rings. The molecule has 0 spiro atoms. The second-order valence-corrected chi connectivity index (χ2v) is 5.45. The number of nitrogens with one attached hydrogen (secondary N) is 2. The molecule has 0 radical (unpaired) electrons. The zero-order chi connectivity index (χ0) is 12.7. The third kappa shape index (κ3) is 5.76. The van der Waals surface area contributed by atoms with Gasteiger partial charge in [0.1, 0.15) is 0 Å². The van der Waals surface area contributed by atoms with Crippen LogP contribution in [0.25, 0.3) is 0 Å². The second kappa shape index (κ2) is 7.36. The van der Waals surface area contributed by atoms with Crippen molar-refractivity contribution in [1.29, 1.82) is 0 Å². The molecule has 0 atom stereocenters. The fraction of sp³-hybridized carbons (Fsp3) is 0.786. The number of rotatable bonds is 5. The molecule has 0 aromatic heterocycles. The van der Waals surface area contributed by atoms with Gasteiger partial charge in [-0.05, 0) is 38.0 Å². The van der Waals surface area contributed by atoms with Gasteiger partial charge in [0.2, 0.25) is 0 Å². The quantitative estimate of drug-likeness (QED) is 0.757. The number of amides is 2. The molecule has 1 aliphatic carbocycles. The van der Waals surface area contributed by atoms with E-state index >= 15 is 0 Å². The molecule has 17 heavy (non-hydrogen) atoms. The Morgan fingerprint density at radius 1 is 1.35 bits per heavy atom. The summed E-state index contributed by atoms with van der Waals surface area (Å²) in [5, 5.41) is 5.69. The Bertz CT molecular complexity index is 265. The highest BCUT2D eigenvalue weighted by Crippen LogP contribution is 2.30. The molecule has 0 unspecified atom stereocenters. The van der Waals surface area contributed by atoms with E-state index in [-0.39, 0.29) is 6.03 Å². The highest BCUT2D eigenvalue weighted by atomic mass is 16.2. The molecule has 3 nitrogen and oxygen atoms in total. The maximum Gasteiger partial charge on any atom is 0.318 e. The molecule has 1 aliphatic rings. The van der Waals surface area contributed by atoms with Crippen molar-refractivity contribution in [3.63, 3.8) is 0 Å². The summed E-state index contributed by atoms with van der Waals surface area (Å²) < 4.78 is 0. The lowest BCUT2D eigenvalue weighted by molar-refractivity contribution is 0.243. The Kier molecular flexibility index (Phi) is 6.09. The fourth-order valence-corrected chi connectivity index (χ4v) is 2.20. The van der Waals surface area contributed by atoms with Gasteiger partial charge in [-0.3, -0.25) is 0 Å². The molecule has 3 heteroatoms. The Morgan fingerprint density at radius 2 is 2.00 bits per heavy atom. The third-order valence-corrected chi connectivity index (χ3v) is 3.44. The summed E-state index contributed by atoms with van der Waals surface area (Å²) in [5.74, 6) is 1.32. The van der Waals surface area contributed by atoms with Gasteiger partial charge in [-0.1, -0.05) is 32.3 Å². The predicted octanol–water partition coefficient (Wildman–Crippen LogP) is 3.43. The summed E-state index contributed by atoms with van der Waals surface area (Å²) in [6.45, 7) is 7.18. The standard InChI is InChI=1S/C14H26N2O/c1-11(2)8-9-15-14(17)16-10-12(3)13-6-4-5-7-13/h10-11,13H,4-9H2,1-3H3,(H2,15,16,17)/b12-10+. The van der Waals surface area contributed by atoms with Crippen LogP contribution in [-0.4, -0.2) is 12.6 Å². The van der Waals surface area contributed by atoms with Gasteiger partial charge in [0, 0.05) is 12.7 Å². The minimum Gasteiger partial charge on any atom is -0.338 e. The van der Waals surface area contributed by atoms with E-state index in [0.717, 1.165) is 13.0 Å². The van der Waals surface area contributed by atoms with Gasteiger partial charge in [0.15, 0.2) is 0 Å². The van der Waals surface area contributed by atoms with Gasteiger partial charge in [-0.15, -0.1) is 0 Å². The maximum atomic E-state index is 11.5. The van der Waals surface area contributed by atoms with Crippen LogP contribution >= 0.6 is 0 Å². The lowest BCUT2D eigenvalue weighted by Gasteiger charge is -2.11. The average molecular weight is 238 g/mol. The van der Waals surface area contributed by atoms with Crippen LogP contribution in [0.3, 0.4) is 0 Å². The van der Waals surface area contributed by atoms with Gasteiger partial charge >= 0.3 is 6.03 Å². The summed E-state index contributed by atoms with van der Waals surface area (Å²) >= 11 is 0. The molecule has 2 N–H and O–H groups in total. The lowest BCUT2D eigenvalue weighted by Crippen LogP contribution is -2.33. The highest BCUT2D eigenvalue weighted by Gasteiger charge is 2.16. The van der Waals surface area contributed by atoms with Crippen LogP contribution in [0.5, 0.6) is 0 Å². The number of carbonyl (C=O) groups excluding carboxylic acids is 1. The lowest BCUT2D eigenvalue weighted by atomic mass is 10.0. The van der Waals surface area contributed by atoms with Crippen LogP contribution in [-0.2, 0) is 0 Å². The topological polar surface area (TPSA) is 41.1 Å². The first-order valence-electron chi connectivity index (χ1n) is 6.80. The van der Waals surface area contributed by atoms with E-state index in [1.165, 1.54) is 31.3 Å². The molecule has 98 valence electrons. The minimum absolute atomic E-state index is 0.0806. The first kappa shape index (κ1) is 14.1. The van der Waals surface area contributed by atoms with Crippen molar-refractivity contribution in [3.05, 3.63) is 11.8 Å². The van der Waals surface area contributed by atoms with E-state index in [2.05, 4.69) is 31.4 Å². The first-order chi connectivity index (χ1) is 8.09. The smallest absolute Gasteiger partial charge is 0.318 e. The average Bonchev–Trinajstić information content (AvgIpc) is 2.78. The fourth-order valence-electron chi connectivity index (χ4n) is 2.20. The van der Waals surface area contributed by atoms with E-state index in [9.17, 15) is 4.79 Å². The Hall–Kier alpha value is -0.990. The number of hydrogen-bond acceptors (Lipinski definition) is 1. The van der Waals surface area contributed by atoms with E-state index in [0.29, 0.717) is 11.8 Å². The summed E-state index contributed by atoms with van der Waals surface area (Å²) in [4.78, 5) is 11.5. The molecular weight excluding hydrogens is 212 g/mol. The van der Waals surface area contributed by atoms with Gasteiger partial charge in [0.25, 0.3) is 0 Å². The van der Waals surface area contributed by atoms with Gasteiger partial charge < -0.3 is 10.6 Å². The Labute approximate surface area is 105 Å². The van der Waals surface area contributed by atoms with Gasteiger partial charge in [0.05, 0.1) is 0 Å². The zero-order valence-electron chi connectivity index (χ0n) is 11.4. The van der Waals surface area contributed by atoms with Crippen molar-refractivity contribution in [2.24, 2.45) is 11.8 Å². The number of hydrogen-bond donors (Lipinski definition) is 2. The van der Waals surface area contributed by atoms with E-state index in [4.69, 9.17) is 0 Å². The Balaban J connectivity index is 2.19. The SMILES string of the molecule is C/C(=C\NC(=O)NCCC(C)C)C1CCCC1. The van der Waals surface area contributed by atoms with E-state index in [1.54, 1.807) is 0 Å². The Morgan fingerprint density at radius 3 is 2.59 bits per heavy atom. The maximum absolute atomic E-state index is 11.5. The van der Waals surface area contributed by atoms with Crippen LogP contribution in [0, 0.1) is 11.8 Å². The molecule has 1 fully saturated rings. The molecular formula is C14H26N2O. The summed E-state index contributed by atoms with van der Waals surface area (Å²) in [5.41, 5.74) is 1.31. The molecule has 0 heterocycles. The minimum atomic E-state index is -0.0806. The number of allylic oxidation sites excluding steroid dienone is 1. The first-order valence-corrected chi connectivity index (χ1v) is 6.80. The van der Waals surface area contributed by atoms with Crippen LogP contribution < -0.4 is 10.6 Å². The van der Waals surface area contributed by atoms with Crippen LogP contribution in [0.4, 0.5) is 4.79 Å². The van der Waals surface area contributed by atoms with Crippen molar-refractivity contribution in [2.45, 2.75) is 52.9 Å². The molecule has 0 bridgehead atoms. The molecule has 1 rings (SSSR count). The van der Waals surface area contributed by atoms with Gasteiger partial charge in [-0.25, -0.2) is 4.79 Å². The largest absolute Gasteiger partial charge is 0.338 e. The van der Waals surface area contributed by atoms with Crippen molar-refractivity contribution < 1.29 is 4.79 Å². The molecule has 2 amide bonds. The van der Waals surface area contributed by atoms with Crippen molar-refractivity contribution in [3.8, 4) is 0 Å². The highest BCUT2D eigenvalue weighted by molar-refractivity contribution is 5.74. The van der Waals surface area contributed by atoms with E-state index in [1.807, 2.05) is 6.20 Å². The molecule has 0 aliphatic heterocycles. The number of urea groups is 1. The summed E-state index contributed by atoms with van der Waals surface area (Å²) in [6, 6.07) is -0.0806. The van der Waals surface area contributed by atoms with E-state index < -0.39 is 0 Å². The number of carbonyl (C=O) groups is 1.